The summed E-state index contributed by atoms with van der Waals surface area (Å²) < 4.78 is 0. The quantitative estimate of drug-likeness (QED) is 0.701. The van der Waals surface area contributed by atoms with Gasteiger partial charge < -0.3 is 11.5 Å². The summed E-state index contributed by atoms with van der Waals surface area (Å²) in [6.07, 6.45) is 1.49. The van der Waals surface area contributed by atoms with E-state index in [-0.39, 0.29) is 24.1 Å². The summed E-state index contributed by atoms with van der Waals surface area (Å²) >= 11 is 0. The maximum atomic E-state index is 13.2. The Labute approximate surface area is 181 Å². The van der Waals surface area contributed by atoms with Crippen molar-refractivity contribution < 1.29 is 19.2 Å². The van der Waals surface area contributed by atoms with Gasteiger partial charge in [0.05, 0.1) is 6.04 Å². The molecule has 2 aromatic carbocycles. The number of amides is 6. The number of hydrogen-bond donors (Lipinski definition) is 2. The summed E-state index contributed by atoms with van der Waals surface area (Å²) in [5.74, 6) is -1.14. The van der Waals surface area contributed by atoms with Crippen molar-refractivity contribution in [1.29, 1.82) is 0 Å². The highest BCUT2D eigenvalue weighted by molar-refractivity contribution is 6.14. The Morgan fingerprint density at radius 2 is 1.41 bits per heavy atom. The first-order valence-corrected chi connectivity index (χ1v) is 10.4. The number of carbonyl (C=O) groups is 4. The van der Waals surface area contributed by atoms with Gasteiger partial charge in [-0.05, 0) is 49.2 Å². The number of rotatable bonds is 4. The van der Waals surface area contributed by atoms with Crippen LogP contribution in [0.15, 0.2) is 48.5 Å². The Hall–Kier alpha value is -4.08. The Bertz CT molecular complexity index is 1310. The third-order valence-electron chi connectivity index (χ3n) is 7.75. The molecule has 160 valence electrons. The van der Waals surface area contributed by atoms with Crippen LogP contribution in [0, 0.1) is 0 Å². The lowest BCUT2D eigenvalue weighted by atomic mass is 9.83. The van der Waals surface area contributed by atoms with Crippen molar-refractivity contribution in [2.24, 2.45) is 11.5 Å². The number of nitrogens with zero attached hydrogens (tertiary/aromatic N) is 4. The number of fused-ring (bicyclic) bond motifs is 2. The molecule has 0 radical (unpaired) electrons. The van der Waals surface area contributed by atoms with Crippen LogP contribution in [0.4, 0.5) is 21.0 Å². The van der Waals surface area contributed by atoms with Crippen molar-refractivity contribution in [3.8, 4) is 0 Å². The second kappa shape index (κ2) is 5.04. The van der Waals surface area contributed by atoms with Crippen LogP contribution in [-0.4, -0.2) is 57.1 Å². The van der Waals surface area contributed by atoms with Crippen LogP contribution in [0.3, 0.4) is 0 Å². The fraction of sp³-hybridized carbons (Fsp3) is 0.273. The van der Waals surface area contributed by atoms with E-state index in [4.69, 9.17) is 11.5 Å². The van der Waals surface area contributed by atoms with Crippen molar-refractivity contribution in [3.63, 3.8) is 0 Å². The van der Waals surface area contributed by atoms with Crippen LogP contribution in [0.1, 0.15) is 33.6 Å². The molecule has 0 aliphatic carbocycles. The Morgan fingerprint density at radius 1 is 0.844 bits per heavy atom. The van der Waals surface area contributed by atoms with Gasteiger partial charge in [-0.15, -0.1) is 0 Å². The molecule has 5 fully saturated rings. The molecule has 2 aromatic rings. The van der Waals surface area contributed by atoms with Gasteiger partial charge in [-0.2, -0.15) is 0 Å². The number of anilines is 2. The topological polar surface area (TPSA) is 133 Å². The molecule has 7 rings (SSSR count). The van der Waals surface area contributed by atoms with Crippen LogP contribution in [0.5, 0.6) is 0 Å². The van der Waals surface area contributed by atoms with Crippen LogP contribution in [-0.2, 0) is 0 Å². The van der Waals surface area contributed by atoms with E-state index in [0.717, 1.165) is 6.42 Å². The van der Waals surface area contributed by atoms with E-state index in [1.54, 1.807) is 58.3 Å². The summed E-state index contributed by atoms with van der Waals surface area (Å²) in [5, 5.41) is 0. The lowest BCUT2D eigenvalue weighted by Gasteiger charge is -2.63. The summed E-state index contributed by atoms with van der Waals surface area (Å²) in [6, 6.07) is 13.0. The minimum absolute atomic E-state index is 0.0497. The van der Waals surface area contributed by atoms with Gasteiger partial charge in [-0.3, -0.25) is 29.2 Å². The lowest BCUT2D eigenvalue weighted by Crippen LogP contribution is -2.86. The number of urea groups is 2. The summed E-state index contributed by atoms with van der Waals surface area (Å²) in [6.45, 7) is 0. The molecular formula is C22H18N6O4. The van der Waals surface area contributed by atoms with E-state index in [0.29, 0.717) is 28.9 Å². The Kier molecular flexibility index (Phi) is 2.77. The molecule has 0 aromatic heterocycles. The molecule has 4 atom stereocenters. The standard InChI is InChI=1S/C22H18N6O4/c23-17(29)11-3-1-5-13(9-11)25-19(31)27-15-7-8-21(25,27)22-16(15)28(22)20(32)26(22)14-6-2-4-12(10-14)18(24)30/h1-6,9-10,15-16H,7-8H2,(H2,23,29)(H2,24,30). The number of nitrogens with two attached hydrogens (primary N) is 2. The predicted molar refractivity (Wildman–Crippen MR) is 112 cm³/mol. The van der Waals surface area contributed by atoms with Crippen LogP contribution < -0.4 is 21.3 Å². The number of piperazine rings is 1. The van der Waals surface area contributed by atoms with E-state index in [2.05, 4.69) is 0 Å². The number of benzene rings is 2. The van der Waals surface area contributed by atoms with Gasteiger partial charge in [-0.25, -0.2) is 9.59 Å². The van der Waals surface area contributed by atoms with Crippen LogP contribution in [0.25, 0.3) is 0 Å². The third-order valence-corrected chi connectivity index (χ3v) is 7.75. The minimum Gasteiger partial charge on any atom is -0.366 e. The molecule has 1 spiro atoms. The predicted octanol–water partition coefficient (Wildman–Crippen LogP) is 1.02. The fourth-order valence-corrected chi connectivity index (χ4v) is 6.73. The molecule has 0 saturated carbocycles. The average Bonchev–Trinajstić information content (AvgIpc) is 3.18. The van der Waals surface area contributed by atoms with Gasteiger partial charge in [-0.1, -0.05) is 12.1 Å². The van der Waals surface area contributed by atoms with E-state index in [9.17, 15) is 19.2 Å². The molecule has 6 amide bonds. The Morgan fingerprint density at radius 3 is 2.00 bits per heavy atom. The molecular weight excluding hydrogens is 412 g/mol. The number of primary amides is 2. The zero-order valence-electron chi connectivity index (χ0n) is 16.8. The first-order chi connectivity index (χ1) is 15.4. The van der Waals surface area contributed by atoms with E-state index in [1.165, 1.54) is 0 Å². The summed E-state index contributed by atoms with van der Waals surface area (Å²) in [4.78, 5) is 56.9. The van der Waals surface area contributed by atoms with Gasteiger partial charge in [0.25, 0.3) is 0 Å². The average molecular weight is 430 g/mol. The van der Waals surface area contributed by atoms with Gasteiger partial charge >= 0.3 is 12.1 Å². The molecule has 10 heteroatoms. The first kappa shape index (κ1) is 17.6. The molecule has 5 aliphatic rings. The smallest absolute Gasteiger partial charge is 0.329 e. The van der Waals surface area contributed by atoms with E-state index in [1.807, 2.05) is 9.80 Å². The highest BCUT2D eigenvalue weighted by Crippen LogP contribution is 2.77. The molecule has 4 unspecified atom stereocenters. The zero-order valence-corrected chi connectivity index (χ0v) is 16.8. The molecule has 10 nitrogen and oxygen atoms in total. The molecule has 5 aliphatic heterocycles. The molecule has 4 N–H and O–H groups in total. The normalized spacial score (nSPS) is 32.8. The minimum atomic E-state index is -0.730. The fourth-order valence-electron chi connectivity index (χ4n) is 6.73. The molecule has 2 bridgehead atoms. The van der Waals surface area contributed by atoms with Crippen molar-refractivity contribution in [2.75, 3.05) is 9.80 Å². The van der Waals surface area contributed by atoms with Gasteiger partial charge in [0.1, 0.15) is 6.04 Å². The molecule has 32 heavy (non-hydrogen) atoms. The maximum Gasteiger partial charge on any atom is 0.329 e. The van der Waals surface area contributed by atoms with Crippen molar-refractivity contribution in [1.82, 2.24) is 9.80 Å². The first-order valence-electron chi connectivity index (χ1n) is 10.4. The molecule has 5 saturated heterocycles. The van der Waals surface area contributed by atoms with Crippen molar-refractivity contribution in [3.05, 3.63) is 59.7 Å². The van der Waals surface area contributed by atoms with Gasteiger partial charge in [0.15, 0.2) is 11.3 Å². The highest BCUT2D eigenvalue weighted by atomic mass is 16.2. The second-order valence-electron chi connectivity index (χ2n) is 8.90. The van der Waals surface area contributed by atoms with E-state index >= 15 is 0 Å². The largest absolute Gasteiger partial charge is 0.366 e. The van der Waals surface area contributed by atoms with Crippen molar-refractivity contribution >= 4 is 35.3 Å². The number of carbonyl (C=O) groups excluding carboxylic acids is 4. The Balaban J connectivity index is 1.37. The monoisotopic (exact) mass is 430 g/mol. The summed E-state index contributed by atoms with van der Waals surface area (Å²) in [7, 11) is 0. The molecule has 5 heterocycles. The summed E-state index contributed by atoms with van der Waals surface area (Å²) in [5.41, 5.74) is 11.3. The van der Waals surface area contributed by atoms with E-state index < -0.39 is 23.1 Å². The highest BCUT2D eigenvalue weighted by Gasteiger charge is 3.01. The number of hydrogen-bond acceptors (Lipinski definition) is 4. The SMILES string of the molecule is NC(=O)c1cccc(N2C(=O)N3C4CCC23C23C4N2C(=O)N3c2cccc(C(N)=O)c2)c1. The van der Waals surface area contributed by atoms with Gasteiger partial charge in [0.2, 0.25) is 11.8 Å². The lowest BCUT2D eigenvalue weighted by molar-refractivity contribution is 0.0287. The maximum absolute atomic E-state index is 13.2. The van der Waals surface area contributed by atoms with Gasteiger partial charge in [0, 0.05) is 22.5 Å². The van der Waals surface area contributed by atoms with Crippen LogP contribution >= 0.6 is 0 Å². The second-order valence-corrected chi connectivity index (χ2v) is 8.90. The van der Waals surface area contributed by atoms with Crippen molar-refractivity contribution in [2.45, 2.75) is 36.3 Å². The van der Waals surface area contributed by atoms with Crippen LogP contribution in [0.2, 0.25) is 0 Å². The zero-order chi connectivity index (χ0) is 22.2. The third kappa shape index (κ3) is 1.52.